The average molecular weight is 385 g/mol. The Morgan fingerprint density at radius 1 is 1.33 bits per heavy atom. The predicted octanol–water partition coefficient (Wildman–Crippen LogP) is 2.35. The van der Waals surface area contributed by atoms with Gasteiger partial charge in [-0.1, -0.05) is 23.7 Å². The minimum atomic E-state index is -0.116. The number of hydrogen-bond acceptors (Lipinski definition) is 4. The number of imidazole rings is 1. The lowest BCUT2D eigenvalue weighted by Crippen LogP contribution is -2.49. The number of carbonyl (C=O) groups excluding carboxylic acids is 1. The Morgan fingerprint density at radius 2 is 2.15 bits per heavy atom. The third kappa shape index (κ3) is 3.13. The number of para-hydroxylation sites is 1. The second-order valence-corrected chi connectivity index (χ2v) is 7.03. The molecule has 8 heteroatoms. The minimum absolute atomic E-state index is 0.0414. The summed E-state index contributed by atoms with van der Waals surface area (Å²) in [7, 11) is 1.94. The lowest BCUT2D eigenvalue weighted by molar-refractivity contribution is 0.0620. The number of benzene rings is 1. The van der Waals surface area contributed by atoms with Crippen LogP contribution in [0.25, 0.3) is 5.69 Å². The fourth-order valence-electron chi connectivity index (χ4n) is 3.52. The Labute approximate surface area is 162 Å². The molecular formula is C19H21ClN6O. The number of halogens is 1. The highest BCUT2D eigenvalue weighted by atomic mass is 35.5. The fraction of sp³-hybridized carbons (Fsp3) is 0.316. The molecule has 0 spiro atoms. The molecule has 0 aliphatic carbocycles. The quantitative estimate of drug-likeness (QED) is 0.752. The molecule has 3 aromatic rings. The van der Waals surface area contributed by atoms with Gasteiger partial charge in [0.1, 0.15) is 11.9 Å². The highest BCUT2D eigenvalue weighted by Gasteiger charge is 2.32. The molecule has 1 N–H and O–H groups in total. The third-order valence-corrected chi connectivity index (χ3v) is 5.30. The standard InChI is InChI=1S/C19H21ClN6O/c1-13-14(11-23-26(13)16-6-4-3-5-15(16)20)19(27)25-10-7-21-12-17(25)18-22-8-9-24(18)2/h3-6,8-9,11,17,21H,7,10,12H2,1-2H3. The molecule has 1 amide bonds. The van der Waals surface area contributed by atoms with E-state index in [0.717, 1.165) is 23.8 Å². The van der Waals surface area contributed by atoms with E-state index in [4.69, 9.17) is 11.6 Å². The van der Waals surface area contributed by atoms with E-state index in [0.29, 0.717) is 23.7 Å². The summed E-state index contributed by atoms with van der Waals surface area (Å²) in [6.45, 7) is 3.94. The number of nitrogens with one attached hydrogen (secondary N) is 1. The van der Waals surface area contributed by atoms with Crippen molar-refractivity contribution in [2.75, 3.05) is 19.6 Å². The Balaban J connectivity index is 1.68. The first-order chi connectivity index (χ1) is 13.1. The maximum atomic E-state index is 13.3. The predicted molar refractivity (Wildman–Crippen MR) is 103 cm³/mol. The van der Waals surface area contributed by atoms with Crippen molar-refractivity contribution in [2.45, 2.75) is 13.0 Å². The summed E-state index contributed by atoms with van der Waals surface area (Å²) in [5.74, 6) is 0.826. The zero-order chi connectivity index (χ0) is 19.0. The van der Waals surface area contributed by atoms with Gasteiger partial charge in [-0.25, -0.2) is 9.67 Å². The number of amides is 1. The number of hydrogen-bond donors (Lipinski definition) is 1. The van der Waals surface area contributed by atoms with Crippen molar-refractivity contribution < 1.29 is 4.79 Å². The second kappa shape index (κ2) is 7.17. The molecular weight excluding hydrogens is 364 g/mol. The molecule has 0 radical (unpaired) electrons. The molecule has 7 nitrogen and oxygen atoms in total. The van der Waals surface area contributed by atoms with Gasteiger partial charge in [0.15, 0.2) is 0 Å². The summed E-state index contributed by atoms with van der Waals surface area (Å²) in [6.07, 6.45) is 5.28. The molecule has 27 heavy (non-hydrogen) atoms. The molecule has 0 saturated carbocycles. The molecule has 1 aromatic carbocycles. The van der Waals surface area contributed by atoms with Gasteiger partial charge < -0.3 is 14.8 Å². The Hall–Kier alpha value is -2.64. The van der Waals surface area contributed by atoms with E-state index in [2.05, 4.69) is 15.4 Å². The molecule has 1 unspecified atom stereocenters. The molecule has 4 rings (SSSR count). The van der Waals surface area contributed by atoms with E-state index >= 15 is 0 Å². The van der Waals surface area contributed by atoms with E-state index < -0.39 is 0 Å². The molecule has 0 bridgehead atoms. The molecule has 1 aliphatic rings. The molecule has 140 valence electrons. The van der Waals surface area contributed by atoms with E-state index in [9.17, 15) is 4.79 Å². The molecule has 1 saturated heterocycles. The van der Waals surface area contributed by atoms with Crippen LogP contribution in [0.2, 0.25) is 5.02 Å². The molecule has 2 aromatic heterocycles. The Kier molecular flexibility index (Phi) is 4.72. The van der Waals surface area contributed by atoms with Crippen LogP contribution < -0.4 is 5.32 Å². The largest absolute Gasteiger partial charge is 0.336 e. The highest BCUT2D eigenvalue weighted by molar-refractivity contribution is 6.32. The van der Waals surface area contributed by atoms with Gasteiger partial charge in [0.2, 0.25) is 0 Å². The summed E-state index contributed by atoms with van der Waals surface area (Å²) in [5, 5.41) is 8.36. The van der Waals surface area contributed by atoms with Crippen LogP contribution in [0.4, 0.5) is 0 Å². The van der Waals surface area contributed by atoms with Gasteiger partial charge in [0.25, 0.3) is 5.91 Å². The summed E-state index contributed by atoms with van der Waals surface area (Å²) < 4.78 is 3.67. The first-order valence-electron chi connectivity index (χ1n) is 8.86. The van der Waals surface area contributed by atoms with Crippen molar-refractivity contribution in [1.82, 2.24) is 29.5 Å². The van der Waals surface area contributed by atoms with E-state index in [-0.39, 0.29) is 11.9 Å². The first-order valence-corrected chi connectivity index (χ1v) is 9.24. The maximum Gasteiger partial charge on any atom is 0.258 e. The summed E-state index contributed by atoms with van der Waals surface area (Å²) in [5.41, 5.74) is 2.11. The first kappa shape index (κ1) is 17.8. The van der Waals surface area contributed by atoms with Gasteiger partial charge in [-0.3, -0.25) is 4.79 Å². The van der Waals surface area contributed by atoms with Crippen molar-refractivity contribution in [3.8, 4) is 5.69 Å². The van der Waals surface area contributed by atoms with Crippen LogP contribution in [0.1, 0.15) is 27.9 Å². The van der Waals surface area contributed by atoms with Gasteiger partial charge in [0, 0.05) is 39.1 Å². The highest BCUT2D eigenvalue weighted by Crippen LogP contribution is 2.26. The lowest BCUT2D eigenvalue weighted by Gasteiger charge is -2.35. The number of aryl methyl sites for hydroxylation is 1. The zero-order valence-electron chi connectivity index (χ0n) is 15.3. The van der Waals surface area contributed by atoms with Crippen LogP contribution in [0.3, 0.4) is 0 Å². The van der Waals surface area contributed by atoms with Gasteiger partial charge >= 0.3 is 0 Å². The van der Waals surface area contributed by atoms with Gasteiger partial charge in [0.05, 0.1) is 28.2 Å². The maximum absolute atomic E-state index is 13.3. The topological polar surface area (TPSA) is 68.0 Å². The normalized spacial score (nSPS) is 17.3. The molecule has 1 aliphatic heterocycles. The number of aromatic nitrogens is 4. The minimum Gasteiger partial charge on any atom is -0.336 e. The molecule has 1 fully saturated rings. The van der Waals surface area contributed by atoms with Crippen molar-refractivity contribution in [2.24, 2.45) is 7.05 Å². The van der Waals surface area contributed by atoms with Crippen LogP contribution >= 0.6 is 11.6 Å². The van der Waals surface area contributed by atoms with Crippen LogP contribution in [-0.2, 0) is 7.05 Å². The Morgan fingerprint density at radius 3 is 2.89 bits per heavy atom. The second-order valence-electron chi connectivity index (χ2n) is 6.62. The van der Waals surface area contributed by atoms with E-state index in [1.165, 1.54) is 0 Å². The van der Waals surface area contributed by atoms with Crippen molar-refractivity contribution >= 4 is 17.5 Å². The summed E-state index contributed by atoms with van der Waals surface area (Å²) in [4.78, 5) is 19.7. The third-order valence-electron chi connectivity index (χ3n) is 4.98. The van der Waals surface area contributed by atoms with E-state index in [1.807, 2.05) is 53.9 Å². The Bertz CT molecular complexity index is 978. The monoisotopic (exact) mass is 384 g/mol. The van der Waals surface area contributed by atoms with Crippen LogP contribution in [0.5, 0.6) is 0 Å². The van der Waals surface area contributed by atoms with Gasteiger partial charge in [-0.2, -0.15) is 5.10 Å². The van der Waals surface area contributed by atoms with E-state index in [1.54, 1.807) is 17.1 Å². The summed E-state index contributed by atoms with van der Waals surface area (Å²) in [6, 6.07) is 7.35. The SMILES string of the molecule is Cc1c(C(=O)N2CCNCC2c2nccn2C)cnn1-c1ccccc1Cl. The number of rotatable bonds is 3. The zero-order valence-corrected chi connectivity index (χ0v) is 16.0. The van der Waals surface area contributed by atoms with Gasteiger partial charge in [-0.05, 0) is 19.1 Å². The average Bonchev–Trinajstić information content (AvgIpc) is 3.27. The number of carbonyl (C=O) groups is 1. The summed E-state index contributed by atoms with van der Waals surface area (Å²) >= 11 is 6.30. The van der Waals surface area contributed by atoms with Crippen molar-refractivity contribution in [3.63, 3.8) is 0 Å². The smallest absolute Gasteiger partial charge is 0.258 e. The molecule has 3 heterocycles. The fourth-order valence-corrected chi connectivity index (χ4v) is 3.73. The van der Waals surface area contributed by atoms with Crippen molar-refractivity contribution in [3.05, 3.63) is 65.0 Å². The van der Waals surface area contributed by atoms with Crippen LogP contribution in [0.15, 0.2) is 42.9 Å². The number of nitrogens with zero attached hydrogens (tertiary/aromatic N) is 5. The van der Waals surface area contributed by atoms with Crippen LogP contribution in [-0.4, -0.2) is 49.8 Å². The van der Waals surface area contributed by atoms with Crippen molar-refractivity contribution in [1.29, 1.82) is 0 Å². The number of piperazine rings is 1. The van der Waals surface area contributed by atoms with Crippen LogP contribution in [0, 0.1) is 6.92 Å². The van der Waals surface area contributed by atoms with Gasteiger partial charge in [-0.15, -0.1) is 0 Å². The lowest BCUT2D eigenvalue weighted by atomic mass is 10.1. The molecule has 1 atom stereocenters.